The minimum Gasteiger partial charge on any atom is -0.491 e. The minimum absolute atomic E-state index is 0.0575. The third kappa shape index (κ3) is 6.41. The summed E-state index contributed by atoms with van der Waals surface area (Å²) in [4.78, 5) is 12.7. The van der Waals surface area contributed by atoms with E-state index in [1.54, 1.807) is 18.2 Å². The van der Waals surface area contributed by atoms with Crippen LogP contribution in [0.25, 0.3) is 0 Å². The third-order valence-electron chi connectivity index (χ3n) is 4.84. The summed E-state index contributed by atoms with van der Waals surface area (Å²) in [6.45, 7) is 3.94. The Labute approximate surface area is 204 Å². The van der Waals surface area contributed by atoms with Gasteiger partial charge in [0.2, 0.25) is 5.91 Å². The largest absolute Gasteiger partial charge is 0.491 e. The van der Waals surface area contributed by atoms with Crippen molar-refractivity contribution in [3.8, 4) is 5.75 Å². The highest BCUT2D eigenvalue weighted by atomic mass is 35.5. The summed E-state index contributed by atoms with van der Waals surface area (Å²) in [6, 6.07) is 18.2. The number of benzene rings is 3. The van der Waals surface area contributed by atoms with Gasteiger partial charge in [-0.3, -0.25) is 9.10 Å². The van der Waals surface area contributed by atoms with Crippen LogP contribution >= 0.6 is 23.2 Å². The van der Waals surface area contributed by atoms with Gasteiger partial charge in [0.1, 0.15) is 18.9 Å². The maximum atomic E-state index is 13.3. The molecule has 1 amide bonds. The van der Waals surface area contributed by atoms with Crippen molar-refractivity contribution in [1.29, 1.82) is 0 Å². The summed E-state index contributed by atoms with van der Waals surface area (Å²) in [5.74, 6) is 0.262. The van der Waals surface area contributed by atoms with Gasteiger partial charge in [-0.15, -0.1) is 0 Å². The number of nitrogens with one attached hydrogen (secondary N) is 1. The second kappa shape index (κ2) is 10.9. The number of hydrogen-bond donors (Lipinski definition) is 1. The Bertz CT molecular complexity index is 1230. The maximum Gasteiger partial charge on any atom is 0.264 e. The molecule has 0 aliphatic rings. The first-order valence-electron chi connectivity index (χ1n) is 10.2. The van der Waals surface area contributed by atoms with Crippen molar-refractivity contribution in [3.05, 3.63) is 87.9 Å². The highest BCUT2D eigenvalue weighted by Gasteiger charge is 2.27. The molecule has 0 radical (unpaired) electrons. The zero-order valence-electron chi connectivity index (χ0n) is 18.2. The molecule has 3 rings (SSSR count). The van der Waals surface area contributed by atoms with Gasteiger partial charge in [-0.25, -0.2) is 8.42 Å². The number of nitrogens with zero attached hydrogens (tertiary/aromatic N) is 1. The number of hydrogen-bond acceptors (Lipinski definition) is 4. The topological polar surface area (TPSA) is 75.7 Å². The molecular formula is C24H24Cl2N2O4S. The van der Waals surface area contributed by atoms with Crippen LogP contribution < -0.4 is 14.4 Å². The van der Waals surface area contributed by atoms with Gasteiger partial charge in [0.15, 0.2) is 0 Å². The average Bonchev–Trinajstić information content (AvgIpc) is 2.79. The van der Waals surface area contributed by atoms with Crippen molar-refractivity contribution in [3.63, 3.8) is 0 Å². The van der Waals surface area contributed by atoms with Crippen LogP contribution in [-0.4, -0.2) is 34.0 Å². The van der Waals surface area contributed by atoms with Gasteiger partial charge < -0.3 is 10.1 Å². The van der Waals surface area contributed by atoms with Gasteiger partial charge in [0.05, 0.1) is 27.2 Å². The van der Waals surface area contributed by atoms with E-state index in [1.807, 2.05) is 32.0 Å². The Morgan fingerprint density at radius 2 is 1.70 bits per heavy atom. The van der Waals surface area contributed by atoms with E-state index in [9.17, 15) is 13.2 Å². The monoisotopic (exact) mass is 506 g/mol. The summed E-state index contributed by atoms with van der Waals surface area (Å²) >= 11 is 12.1. The van der Waals surface area contributed by atoms with E-state index in [2.05, 4.69) is 5.32 Å². The molecule has 0 aromatic heterocycles. The summed E-state index contributed by atoms with van der Waals surface area (Å²) in [7, 11) is -4.02. The Kier molecular flexibility index (Phi) is 8.24. The highest BCUT2D eigenvalue weighted by molar-refractivity contribution is 7.92. The van der Waals surface area contributed by atoms with Gasteiger partial charge in [0.25, 0.3) is 10.0 Å². The molecule has 0 bridgehead atoms. The van der Waals surface area contributed by atoms with Crippen LogP contribution in [0.5, 0.6) is 5.75 Å². The van der Waals surface area contributed by atoms with E-state index < -0.39 is 22.5 Å². The van der Waals surface area contributed by atoms with E-state index in [0.29, 0.717) is 0 Å². The normalized spacial score (nSPS) is 11.2. The van der Waals surface area contributed by atoms with Crippen molar-refractivity contribution in [2.75, 3.05) is 24.0 Å². The maximum absolute atomic E-state index is 13.3. The number of sulfonamides is 1. The van der Waals surface area contributed by atoms with Gasteiger partial charge in [-0.2, -0.15) is 0 Å². The number of ether oxygens (including phenoxy) is 1. The predicted molar refractivity (Wildman–Crippen MR) is 132 cm³/mol. The molecule has 0 aliphatic heterocycles. The Morgan fingerprint density at radius 1 is 0.970 bits per heavy atom. The first-order valence-corrected chi connectivity index (χ1v) is 12.4. The number of halogens is 2. The number of carbonyl (C=O) groups excluding carboxylic acids is 1. The van der Waals surface area contributed by atoms with Crippen LogP contribution in [0.4, 0.5) is 5.69 Å². The van der Waals surface area contributed by atoms with Crippen molar-refractivity contribution in [2.45, 2.75) is 18.7 Å². The van der Waals surface area contributed by atoms with Crippen LogP contribution in [0.2, 0.25) is 10.0 Å². The molecule has 3 aromatic carbocycles. The minimum atomic E-state index is -4.02. The van der Waals surface area contributed by atoms with Gasteiger partial charge in [-0.1, -0.05) is 53.5 Å². The van der Waals surface area contributed by atoms with Crippen molar-refractivity contribution < 1.29 is 17.9 Å². The lowest BCUT2D eigenvalue weighted by Crippen LogP contribution is -2.42. The lowest BCUT2D eigenvalue weighted by molar-refractivity contribution is -0.119. The quantitative estimate of drug-likeness (QED) is 0.414. The lowest BCUT2D eigenvalue weighted by atomic mass is 10.1. The highest BCUT2D eigenvalue weighted by Crippen LogP contribution is 2.30. The van der Waals surface area contributed by atoms with Crippen LogP contribution in [-0.2, 0) is 14.8 Å². The molecule has 3 aromatic rings. The molecule has 9 heteroatoms. The number of aryl methyl sites for hydroxylation is 2. The summed E-state index contributed by atoms with van der Waals surface area (Å²) < 4.78 is 33.3. The molecule has 0 atom stereocenters. The van der Waals surface area contributed by atoms with Crippen LogP contribution in [0.1, 0.15) is 11.1 Å². The zero-order chi connectivity index (χ0) is 24.0. The first-order chi connectivity index (χ1) is 15.7. The van der Waals surface area contributed by atoms with Crippen LogP contribution in [0, 0.1) is 13.8 Å². The predicted octanol–water partition coefficient (Wildman–Crippen LogP) is 5.00. The standard InChI is InChI=1S/C24H24Cl2N2O4S/c1-17-8-9-18(2)23(14-17)32-13-12-27-24(29)16-28(19-10-11-21(25)22(26)15-19)33(30,31)20-6-4-3-5-7-20/h3-11,14-15H,12-13,16H2,1-2H3,(H,27,29). The molecule has 0 saturated heterocycles. The Hall–Kier alpha value is -2.74. The van der Waals surface area contributed by atoms with Gasteiger partial charge in [-0.05, 0) is 61.4 Å². The van der Waals surface area contributed by atoms with Crippen molar-refractivity contribution in [1.82, 2.24) is 5.32 Å². The first kappa shape index (κ1) is 24.9. The van der Waals surface area contributed by atoms with Crippen LogP contribution in [0.3, 0.4) is 0 Å². The summed E-state index contributed by atoms with van der Waals surface area (Å²) in [5.41, 5.74) is 2.30. The third-order valence-corrected chi connectivity index (χ3v) is 7.36. The van der Waals surface area contributed by atoms with Crippen molar-refractivity contribution in [2.24, 2.45) is 0 Å². The molecule has 0 heterocycles. The van der Waals surface area contributed by atoms with E-state index in [1.165, 1.54) is 30.3 Å². The fourth-order valence-electron chi connectivity index (χ4n) is 3.08. The Morgan fingerprint density at radius 3 is 2.39 bits per heavy atom. The molecule has 6 nitrogen and oxygen atoms in total. The molecule has 0 aliphatic carbocycles. The van der Waals surface area contributed by atoms with Crippen LogP contribution in [0.15, 0.2) is 71.6 Å². The SMILES string of the molecule is Cc1ccc(C)c(OCCNC(=O)CN(c2ccc(Cl)c(Cl)c2)S(=O)(=O)c2ccccc2)c1. The van der Waals surface area contributed by atoms with Gasteiger partial charge in [0, 0.05) is 0 Å². The smallest absolute Gasteiger partial charge is 0.264 e. The molecular weight excluding hydrogens is 483 g/mol. The second-order valence-electron chi connectivity index (χ2n) is 7.39. The lowest BCUT2D eigenvalue weighted by Gasteiger charge is -2.24. The van der Waals surface area contributed by atoms with E-state index in [-0.39, 0.29) is 33.8 Å². The Balaban J connectivity index is 1.72. The number of carbonyl (C=O) groups is 1. The molecule has 174 valence electrons. The summed E-state index contributed by atoms with van der Waals surface area (Å²) in [5, 5.41) is 3.18. The molecule has 0 fully saturated rings. The van der Waals surface area contributed by atoms with Crippen molar-refractivity contribution >= 4 is 44.8 Å². The van der Waals surface area contributed by atoms with Gasteiger partial charge >= 0.3 is 0 Å². The van der Waals surface area contributed by atoms with E-state index in [4.69, 9.17) is 27.9 Å². The number of rotatable bonds is 9. The fraction of sp³-hybridized carbons (Fsp3) is 0.208. The molecule has 1 N–H and O–H groups in total. The zero-order valence-corrected chi connectivity index (χ0v) is 20.5. The summed E-state index contributed by atoms with van der Waals surface area (Å²) in [6.07, 6.45) is 0. The number of anilines is 1. The molecule has 0 saturated carbocycles. The van der Waals surface area contributed by atoms with E-state index in [0.717, 1.165) is 21.2 Å². The molecule has 0 unspecified atom stereocenters. The fourth-order valence-corrected chi connectivity index (χ4v) is 4.80. The number of amides is 1. The second-order valence-corrected chi connectivity index (χ2v) is 10.1. The van der Waals surface area contributed by atoms with E-state index >= 15 is 0 Å². The molecule has 0 spiro atoms. The molecule has 33 heavy (non-hydrogen) atoms. The average molecular weight is 507 g/mol.